The Hall–Kier alpha value is -0.510. The first-order valence-corrected chi connectivity index (χ1v) is 9.39. The van der Waals surface area contributed by atoms with Crippen LogP contribution in [0, 0.1) is 0 Å². The molecule has 0 bridgehead atoms. The van der Waals surface area contributed by atoms with Crippen molar-refractivity contribution in [2.24, 2.45) is 0 Å². The zero-order valence-corrected chi connectivity index (χ0v) is 14.6. The summed E-state index contributed by atoms with van der Waals surface area (Å²) in [5.41, 5.74) is 0.364. The van der Waals surface area contributed by atoms with Crippen molar-refractivity contribution in [1.82, 2.24) is 10.2 Å². The Morgan fingerprint density at radius 3 is 2.52 bits per heavy atom. The summed E-state index contributed by atoms with van der Waals surface area (Å²) in [6.45, 7) is 10.5. The Morgan fingerprint density at radius 2 is 1.90 bits per heavy atom. The fourth-order valence-corrected chi connectivity index (χ4v) is 4.21. The van der Waals surface area contributed by atoms with E-state index in [1.165, 1.54) is 43.0 Å². The molecule has 1 saturated heterocycles. The second-order valence-corrected chi connectivity index (χ2v) is 7.19. The molecule has 1 unspecified atom stereocenters. The van der Waals surface area contributed by atoms with E-state index < -0.39 is 0 Å². The second kappa shape index (κ2) is 8.21. The van der Waals surface area contributed by atoms with E-state index in [9.17, 15) is 0 Å². The minimum absolute atomic E-state index is 0.364. The molecule has 1 N–H and O–H groups in total. The number of rotatable bonds is 7. The zero-order valence-electron chi connectivity index (χ0n) is 13.8. The number of nitrogens with zero attached hydrogens (tertiary/aromatic N) is 1. The number of piperazine rings is 1. The van der Waals surface area contributed by atoms with Crippen molar-refractivity contribution in [3.63, 3.8) is 0 Å². The van der Waals surface area contributed by atoms with Crippen LogP contribution in [0.5, 0.6) is 0 Å². The second-order valence-electron chi connectivity index (χ2n) is 6.03. The number of hydrogen-bond acceptors (Lipinski definition) is 3. The van der Waals surface area contributed by atoms with Crippen molar-refractivity contribution in [1.29, 1.82) is 0 Å². The van der Waals surface area contributed by atoms with Gasteiger partial charge in [0.1, 0.15) is 0 Å². The third-order valence-corrected chi connectivity index (χ3v) is 6.01. The van der Waals surface area contributed by atoms with E-state index in [0.29, 0.717) is 11.6 Å². The molecule has 1 heterocycles. The molecule has 1 aromatic carbocycles. The smallest absolute Gasteiger partial charge is 0.0329 e. The average molecular weight is 307 g/mol. The molecule has 0 spiro atoms. The number of benzene rings is 1. The summed E-state index contributed by atoms with van der Waals surface area (Å²) in [7, 11) is 0. The van der Waals surface area contributed by atoms with Crippen molar-refractivity contribution >= 4 is 11.8 Å². The van der Waals surface area contributed by atoms with Gasteiger partial charge in [-0.3, -0.25) is 4.90 Å². The van der Waals surface area contributed by atoms with Crippen LogP contribution in [-0.4, -0.2) is 41.9 Å². The van der Waals surface area contributed by atoms with Gasteiger partial charge < -0.3 is 5.32 Å². The SMILES string of the molecule is CCC1CN(CCSc2ccccc2)C(CC)(CC)CN1. The highest BCUT2D eigenvalue weighted by Crippen LogP contribution is 2.28. The topological polar surface area (TPSA) is 15.3 Å². The lowest BCUT2D eigenvalue weighted by Gasteiger charge is -2.49. The normalized spacial score (nSPS) is 22.3. The summed E-state index contributed by atoms with van der Waals surface area (Å²) in [6, 6.07) is 11.4. The summed E-state index contributed by atoms with van der Waals surface area (Å²) >= 11 is 1.98. The van der Waals surface area contributed by atoms with Crippen LogP contribution in [0.4, 0.5) is 0 Å². The van der Waals surface area contributed by atoms with Crippen LogP contribution >= 0.6 is 11.8 Å². The fourth-order valence-electron chi connectivity index (χ4n) is 3.31. The first-order valence-electron chi connectivity index (χ1n) is 8.40. The lowest BCUT2D eigenvalue weighted by molar-refractivity contribution is 0.0367. The standard InChI is InChI=1S/C18H30N2S/c1-4-16-14-20(18(5-2,6-3)15-19-16)12-13-21-17-10-8-7-9-11-17/h7-11,16,19H,4-6,12-15H2,1-3H3. The number of thioether (sulfide) groups is 1. The molecule has 2 nitrogen and oxygen atoms in total. The van der Waals surface area contributed by atoms with Crippen LogP contribution in [0.25, 0.3) is 0 Å². The maximum absolute atomic E-state index is 3.75. The van der Waals surface area contributed by atoms with E-state index in [1.807, 2.05) is 11.8 Å². The summed E-state index contributed by atoms with van der Waals surface area (Å²) in [4.78, 5) is 4.14. The largest absolute Gasteiger partial charge is 0.311 e. The summed E-state index contributed by atoms with van der Waals surface area (Å²) in [5.74, 6) is 1.18. The van der Waals surface area contributed by atoms with Crippen molar-refractivity contribution in [2.75, 3.05) is 25.4 Å². The van der Waals surface area contributed by atoms with Gasteiger partial charge in [-0.2, -0.15) is 0 Å². The Morgan fingerprint density at radius 1 is 1.19 bits per heavy atom. The highest BCUT2D eigenvalue weighted by atomic mass is 32.2. The van der Waals surface area contributed by atoms with Gasteiger partial charge in [-0.25, -0.2) is 0 Å². The number of hydrogen-bond donors (Lipinski definition) is 1. The van der Waals surface area contributed by atoms with Crippen molar-refractivity contribution < 1.29 is 0 Å². The average Bonchev–Trinajstić information content (AvgIpc) is 2.56. The molecule has 0 aromatic heterocycles. The molecule has 0 radical (unpaired) electrons. The quantitative estimate of drug-likeness (QED) is 0.766. The van der Waals surface area contributed by atoms with Crippen LogP contribution in [0.1, 0.15) is 40.0 Å². The third-order valence-electron chi connectivity index (χ3n) is 5.01. The summed E-state index contributed by atoms with van der Waals surface area (Å²) in [5, 5.41) is 3.75. The first-order chi connectivity index (χ1) is 10.2. The van der Waals surface area contributed by atoms with E-state index in [4.69, 9.17) is 0 Å². The van der Waals surface area contributed by atoms with Gasteiger partial charge >= 0.3 is 0 Å². The predicted molar refractivity (Wildman–Crippen MR) is 94.1 cm³/mol. The monoisotopic (exact) mass is 306 g/mol. The molecule has 0 aliphatic carbocycles. The molecule has 2 rings (SSSR count). The van der Waals surface area contributed by atoms with Gasteiger partial charge in [-0.15, -0.1) is 11.8 Å². The maximum Gasteiger partial charge on any atom is 0.0329 e. The van der Waals surface area contributed by atoms with E-state index in [1.54, 1.807) is 0 Å². The minimum Gasteiger partial charge on any atom is -0.311 e. The number of nitrogens with one attached hydrogen (secondary N) is 1. The lowest BCUT2D eigenvalue weighted by Crippen LogP contribution is -2.64. The van der Waals surface area contributed by atoms with Gasteiger partial charge in [0.15, 0.2) is 0 Å². The van der Waals surface area contributed by atoms with Gasteiger partial charge in [0.05, 0.1) is 0 Å². The van der Waals surface area contributed by atoms with Gasteiger partial charge in [0, 0.05) is 41.9 Å². The maximum atomic E-state index is 3.75. The van der Waals surface area contributed by atoms with E-state index >= 15 is 0 Å². The highest BCUT2D eigenvalue weighted by Gasteiger charge is 2.37. The molecule has 0 saturated carbocycles. The molecule has 1 aliphatic heterocycles. The van der Waals surface area contributed by atoms with Crippen LogP contribution in [-0.2, 0) is 0 Å². The molecule has 21 heavy (non-hydrogen) atoms. The molecule has 118 valence electrons. The minimum atomic E-state index is 0.364. The van der Waals surface area contributed by atoms with E-state index in [0.717, 1.165) is 6.54 Å². The van der Waals surface area contributed by atoms with Crippen LogP contribution in [0.3, 0.4) is 0 Å². The Balaban J connectivity index is 1.93. The predicted octanol–water partition coefficient (Wildman–Crippen LogP) is 4.02. The molecule has 0 amide bonds. The molecular weight excluding hydrogens is 276 g/mol. The Labute approximate surface area is 134 Å². The highest BCUT2D eigenvalue weighted by molar-refractivity contribution is 7.99. The first kappa shape index (κ1) is 16.9. The van der Waals surface area contributed by atoms with E-state index in [-0.39, 0.29) is 0 Å². The van der Waals surface area contributed by atoms with Gasteiger partial charge in [0.25, 0.3) is 0 Å². The third kappa shape index (κ3) is 4.24. The lowest BCUT2D eigenvalue weighted by atomic mass is 9.87. The van der Waals surface area contributed by atoms with Gasteiger partial charge in [-0.05, 0) is 31.4 Å². The Kier molecular flexibility index (Phi) is 6.59. The van der Waals surface area contributed by atoms with Crippen molar-refractivity contribution in [3.05, 3.63) is 30.3 Å². The van der Waals surface area contributed by atoms with Crippen molar-refractivity contribution in [2.45, 2.75) is 56.5 Å². The molecule has 1 aliphatic rings. The molecule has 3 heteroatoms. The van der Waals surface area contributed by atoms with Crippen LogP contribution in [0.2, 0.25) is 0 Å². The van der Waals surface area contributed by atoms with Crippen LogP contribution < -0.4 is 5.32 Å². The molecular formula is C18H30N2S. The van der Waals surface area contributed by atoms with Crippen molar-refractivity contribution in [3.8, 4) is 0 Å². The summed E-state index contributed by atoms with van der Waals surface area (Å²) in [6.07, 6.45) is 3.71. The van der Waals surface area contributed by atoms with Gasteiger partial charge in [0.2, 0.25) is 0 Å². The summed E-state index contributed by atoms with van der Waals surface area (Å²) < 4.78 is 0. The fraction of sp³-hybridized carbons (Fsp3) is 0.667. The van der Waals surface area contributed by atoms with Gasteiger partial charge in [-0.1, -0.05) is 39.0 Å². The zero-order chi connectivity index (χ0) is 15.1. The molecule has 1 atom stereocenters. The molecule has 1 aromatic rings. The Bertz CT molecular complexity index is 403. The van der Waals surface area contributed by atoms with E-state index in [2.05, 4.69) is 61.3 Å². The van der Waals surface area contributed by atoms with Crippen LogP contribution in [0.15, 0.2) is 35.2 Å². The molecule has 1 fully saturated rings.